The minimum absolute atomic E-state index is 0.0122. The molecule has 1 aliphatic rings. The van der Waals surface area contributed by atoms with Gasteiger partial charge in [-0.25, -0.2) is 4.79 Å². The van der Waals surface area contributed by atoms with Gasteiger partial charge < -0.3 is 16.0 Å². The topological polar surface area (TPSA) is 93.2 Å². The quantitative estimate of drug-likeness (QED) is 0.898. The molecule has 3 rings (SSSR count). The maximum absolute atomic E-state index is 12.5. The summed E-state index contributed by atoms with van der Waals surface area (Å²) in [6, 6.07) is 8.13. The van der Waals surface area contributed by atoms with Crippen LogP contribution < -0.4 is 11.1 Å². The van der Waals surface area contributed by atoms with Crippen LogP contribution >= 0.6 is 0 Å². The first-order chi connectivity index (χ1) is 11.5. The van der Waals surface area contributed by atoms with Gasteiger partial charge in [-0.05, 0) is 30.4 Å². The minimum atomic E-state index is -0.480. The second-order valence-electron chi connectivity index (χ2n) is 6.04. The van der Waals surface area contributed by atoms with Gasteiger partial charge in [0.15, 0.2) is 0 Å². The molecule has 0 bridgehead atoms. The average Bonchev–Trinajstić information content (AvgIpc) is 2.99. The normalized spacial score (nSPS) is 16.3. The van der Waals surface area contributed by atoms with E-state index in [9.17, 15) is 9.59 Å². The molecule has 3 amide bonds. The van der Waals surface area contributed by atoms with Crippen LogP contribution in [0.2, 0.25) is 0 Å². The van der Waals surface area contributed by atoms with Gasteiger partial charge in [-0.2, -0.15) is 5.10 Å². The lowest BCUT2D eigenvalue weighted by atomic mass is 9.87. The lowest BCUT2D eigenvalue weighted by Gasteiger charge is -2.33. The van der Waals surface area contributed by atoms with Gasteiger partial charge in [0.1, 0.15) is 6.54 Å². The summed E-state index contributed by atoms with van der Waals surface area (Å²) in [5, 5.41) is 6.81. The molecule has 0 saturated carbocycles. The summed E-state index contributed by atoms with van der Waals surface area (Å²) in [6.07, 6.45) is 6.16. The zero-order chi connectivity index (χ0) is 17.1. The number of hydrogen-bond acceptors (Lipinski definition) is 3. The third-order valence-electron chi connectivity index (χ3n) is 4.33. The van der Waals surface area contributed by atoms with Crippen molar-refractivity contribution in [1.29, 1.82) is 0 Å². The number of nitrogens with zero attached hydrogens (tertiary/aromatic N) is 3. The monoisotopic (exact) mass is 327 g/mol. The Morgan fingerprint density at radius 2 is 2.21 bits per heavy atom. The second-order valence-corrected chi connectivity index (χ2v) is 6.04. The molecule has 2 aromatic rings. The SMILES string of the molecule is CN(C(=O)Nc1cnn(CC(N)=O)c1)C1CCCc2ccccc21. The zero-order valence-corrected chi connectivity index (χ0v) is 13.6. The van der Waals surface area contributed by atoms with Crippen LogP contribution in [0.4, 0.5) is 10.5 Å². The predicted octanol–water partition coefficient (Wildman–Crippen LogP) is 1.91. The van der Waals surface area contributed by atoms with Gasteiger partial charge in [-0.15, -0.1) is 0 Å². The Balaban J connectivity index is 1.69. The molecule has 7 heteroatoms. The number of benzene rings is 1. The number of anilines is 1. The third kappa shape index (κ3) is 3.40. The second kappa shape index (κ2) is 6.74. The summed E-state index contributed by atoms with van der Waals surface area (Å²) >= 11 is 0. The molecule has 24 heavy (non-hydrogen) atoms. The van der Waals surface area contributed by atoms with Crippen LogP contribution in [0.15, 0.2) is 36.7 Å². The Kier molecular flexibility index (Phi) is 4.50. The first kappa shape index (κ1) is 16.0. The molecule has 1 aromatic carbocycles. The number of carbonyl (C=O) groups excluding carboxylic acids is 2. The van der Waals surface area contributed by atoms with E-state index in [1.807, 2.05) is 12.1 Å². The Bertz CT molecular complexity index is 755. The Morgan fingerprint density at radius 3 is 3.00 bits per heavy atom. The van der Waals surface area contributed by atoms with Crippen LogP contribution in [0.5, 0.6) is 0 Å². The number of carbonyl (C=O) groups is 2. The number of rotatable bonds is 4. The molecule has 7 nitrogen and oxygen atoms in total. The van der Waals surface area contributed by atoms with Crippen molar-refractivity contribution in [2.75, 3.05) is 12.4 Å². The van der Waals surface area contributed by atoms with Crippen molar-refractivity contribution in [1.82, 2.24) is 14.7 Å². The van der Waals surface area contributed by atoms with Crippen molar-refractivity contribution >= 4 is 17.6 Å². The van der Waals surface area contributed by atoms with Crippen molar-refractivity contribution in [2.24, 2.45) is 5.73 Å². The lowest BCUT2D eigenvalue weighted by molar-refractivity contribution is -0.118. The van der Waals surface area contributed by atoms with E-state index in [1.165, 1.54) is 22.0 Å². The van der Waals surface area contributed by atoms with Crippen LogP contribution in [0.3, 0.4) is 0 Å². The average molecular weight is 327 g/mol. The van der Waals surface area contributed by atoms with Gasteiger partial charge in [-0.3, -0.25) is 9.48 Å². The molecular formula is C17H21N5O2. The van der Waals surface area contributed by atoms with Crippen LogP contribution in [0.25, 0.3) is 0 Å². The first-order valence-electron chi connectivity index (χ1n) is 7.97. The van der Waals surface area contributed by atoms with E-state index < -0.39 is 5.91 Å². The van der Waals surface area contributed by atoms with Gasteiger partial charge in [0.25, 0.3) is 0 Å². The summed E-state index contributed by atoms with van der Waals surface area (Å²) in [5.74, 6) is -0.480. The fourth-order valence-electron chi connectivity index (χ4n) is 3.16. The van der Waals surface area contributed by atoms with E-state index in [-0.39, 0.29) is 18.6 Å². The highest BCUT2D eigenvalue weighted by Gasteiger charge is 2.26. The number of nitrogens with one attached hydrogen (secondary N) is 1. The Morgan fingerprint density at radius 1 is 1.42 bits per heavy atom. The fourth-order valence-corrected chi connectivity index (χ4v) is 3.16. The molecule has 0 radical (unpaired) electrons. The van der Waals surface area contributed by atoms with Crippen molar-refractivity contribution in [3.05, 3.63) is 47.8 Å². The maximum Gasteiger partial charge on any atom is 0.322 e. The molecule has 0 saturated heterocycles. The van der Waals surface area contributed by atoms with E-state index in [0.717, 1.165) is 19.3 Å². The van der Waals surface area contributed by atoms with Crippen LogP contribution in [0.1, 0.15) is 30.0 Å². The van der Waals surface area contributed by atoms with Gasteiger partial charge >= 0.3 is 6.03 Å². The summed E-state index contributed by atoms with van der Waals surface area (Å²) < 4.78 is 1.40. The van der Waals surface area contributed by atoms with E-state index in [4.69, 9.17) is 5.73 Å². The summed E-state index contributed by atoms with van der Waals surface area (Å²) in [4.78, 5) is 25.2. The predicted molar refractivity (Wildman–Crippen MR) is 90.3 cm³/mol. The molecule has 3 N–H and O–H groups in total. The molecule has 0 fully saturated rings. The molecule has 1 aliphatic carbocycles. The summed E-state index contributed by atoms with van der Waals surface area (Å²) in [7, 11) is 1.80. The number of aromatic nitrogens is 2. The van der Waals surface area contributed by atoms with Gasteiger partial charge in [0.2, 0.25) is 5.91 Å². The van der Waals surface area contributed by atoms with Gasteiger partial charge in [0.05, 0.1) is 17.9 Å². The van der Waals surface area contributed by atoms with Gasteiger partial charge in [0, 0.05) is 13.2 Å². The highest BCUT2D eigenvalue weighted by atomic mass is 16.2. The van der Waals surface area contributed by atoms with E-state index in [2.05, 4.69) is 22.5 Å². The molecule has 1 aromatic heterocycles. The number of fused-ring (bicyclic) bond motifs is 1. The molecule has 0 aliphatic heterocycles. The largest absolute Gasteiger partial charge is 0.368 e. The summed E-state index contributed by atoms with van der Waals surface area (Å²) in [6.45, 7) is -0.0122. The van der Waals surface area contributed by atoms with E-state index in [1.54, 1.807) is 18.1 Å². The molecule has 1 unspecified atom stereocenters. The van der Waals surface area contributed by atoms with Crippen LogP contribution in [0, 0.1) is 0 Å². The number of primary amides is 1. The Hall–Kier alpha value is -2.83. The van der Waals surface area contributed by atoms with Crippen molar-refractivity contribution in [3.63, 3.8) is 0 Å². The first-order valence-corrected chi connectivity index (χ1v) is 7.97. The standard InChI is InChI=1S/C17H21N5O2/c1-21(15-8-4-6-12-5-2-3-7-14(12)15)17(24)20-13-9-19-22(10-13)11-16(18)23/h2-3,5,7,9-10,15H,4,6,8,11H2,1H3,(H2,18,23)(H,20,24). The number of hydrogen-bond donors (Lipinski definition) is 2. The number of amides is 3. The molecule has 0 spiro atoms. The Labute approximate surface area is 140 Å². The van der Waals surface area contributed by atoms with Crippen LogP contribution in [-0.2, 0) is 17.8 Å². The fraction of sp³-hybridized carbons (Fsp3) is 0.353. The van der Waals surface area contributed by atoms with E-state index in [0.29, 0.717) is 5.69 Å². The summed E-state index contributed by atoms with van der Waals surface area (Å²) in [5.41, 5.74) is 8.19. The smallest absolute Gasteiger partial charge is 0.322 e. The lowest BCUT2D eigenvalue weighted by Crippen LogP contribution is -2.36. The van der Waals surface area contributed by atoms with E-state index >= 15 is 0 Å². The zero-order valence-electron chi connectivity index (χ0n) is 13.6. The molecule has 126 valence electrons. The highest BCUT2D eigenvalue weighted by molar-refractivity contribution is 5.89. The molecular weight excluding hydrogens is 306 g/mol. The van der Waals surface area contributed by atoms with Crippen molar-refractivity contribution < 1.29 is 9.59 Å². The van der Waals surface area contributed by atoms with Gasteiger partial charge in [-0.1, -0.05) is 24.3 Å². The number of urea groups is 1. The van der Waals surface area contributed by atoms with Crippen molar-refractivity contribution in [2.45, 2.75) is 31.8 Å². The number of nitrogens with two attached hydrogens (primary N) is 1. The molecule has 1 heterocycles. The van der Waals surface area contributed by atoms with Crippen molar-refractivity contribution in [3.8, 4) is 0 Å². The maximum atomic E-state index is 12.5. The molecule has 1 atom stereocenters. The third-order valence-corrected chi connectivity index (χ3v) is 4.33. The van der Waals surface area contributed by atoms with Crippen LogP contribution in [-0.4, -0.2) is 33.7 Å². The highest BCUT2D eigenvalue weighted by Crippen LogP contribution is 2.33. The number of aryl methyl sites for hydroxylation is 1. The minimum Gasteiger partial charge on any atom is -0.368 e.